The lowest BCUT2D eigenvalue weighted by molar-refractivity contribution is -0.148. The number of hydrogen-bond donors (Lipinski definition) is 2. The molecule has 1 heterocycles. The van der Waals surface area contributed by atoms with E-state index in [0.29, 0.717) is 38.2 Å². The van der Waals surface area contributed by atoms with Gasteiger partial charge in [-0.05, 0) is 32.1 Å². The maximum atomic E-state index is 11.8. The van der Waals surface area contributed by atoms with Crippen LogP contribution in [0.1, 0.15) is 38.5 Å². The molecule has 1 aromatic rings. The number of urea groups is 1. The molecule has 1 saturated carbocycles. The molecule has 0 unspecified atom stereocenters. The molecule has 0 aromatic carbocycles. The molecule has 1 fully saturated rings. The Balaban J connectivity index is 1.55. The van der Waals surface area contributed by atoms with Gasteiger partial charge in [0.1, 0.15) is 6.10 Å². The smallest absolute Gasteiger partial charge is 0.319 e. The number of amides is 2. The largest absolute Gasteiger partial charge is 0.462 e. The van der Waals surface area contributed by atoms with Gasteiger partial charge < -0.3 is 20.1 Å². The quantitative estimate of drug-likeness (QED) is 0.530. The third-order valence-electron chi connectivity index (χ3n) is 3.86. The summed E-state index contributed by atoms with van der Waals surface area (Å²) in [4.78, 5) is 23.4. The van der Waals surface area contributed by atoms with Crippen LogP contribution in [-0.4, -0.2) is 48.1 Å². The lowest BCUT2D eigenvalue weighted by Gasteiger charge is -2.11. The summed E-state index contributed by atoms with van der Waals surface area (Å²) < 4.78 is 12.0. The number of anilines is 1. The number of rotatable bonds is 9. The van der Waals surface area contributed by atoms with Crippen LogP contribution in [0.5, 0.6) is 0 Å². The molecule has 0 radical (unpaired) electrons. The number of carbonyl (C=O) groups is 2. The molecule has 2 amide bonds. The van der Waals surface area contributed by atoms with Gasteiger partial charge in [0.2, 0.25) is 0 Å². The Labute approximate surface area is 141 Å². The molecule has 8 nitrogen and oxygen atoms in total. The summed E-state index contributed by atoms with van der Waals surface area (Å²) in [5.74, 6) is -0.177. The summed E-state index contributed by atoms with van der Waals surface area (Å²) >= 11 is 0. The number of methoxy groups -OCH3 is 1. The zero-order valence-corrected chi connectivity index (χ0v) is 14.1. The average molecular weight is 338 g/mol. The van der Waals surface area contributed by atoms with Crippen molar-refractivity contribution in [1.29, 1.82) is 0 Å². The van der Waals surface area contributed by atoms with Crippen molar-refractivity contribution in [3.8, 4) is 0 Å². The second kappa shape index (κ2) is 9.92. The van der Waals surface area contributed by atoms with Gasteiger partial charge in [0.15, 0.2) is 0 Å². The number of nitrogens with one attached hydrogen (secondary N) is 2. The van der Waals surface area contributed by atoms with E-state index in [4.69, 9.17) is 9.47 Å². The highest BCUT2D eigenvalue weighted by Crippen LogP contribution is 2.21. The van der Waals surface area contributed by atoms with Crippen molar-refractivity contribution < 1.29 is 19.1 Å². The van der Waals surface area contributed by atoms with Crippen LogP contribution in [-0.2, 0) is 20.8 Å². The van der Waals surface area contributed by atoms with Crippen LogP contribution < -0.4 is 10.6 Å². The minimum Gasteiger partial charge on any atom is -0.462 e. The normalized spacial score (nSPS) is 14.5. The Kier molecular flexibility index (Phi) is 7.54. The van der Waals surface area contributed by atoms with Gasteiger partial charge in [0, 0.05) is 26.3 Å². The lowest BCUT2D eigenvalue weighted by atomic mass is 10.3. The van der Waals surface area contributed by atoms with Crippen LogP contribution in [0.25, 0.3) is 0 Å². The topological polar surface area (TPSA) is 94.5 Å². The molecular formula is C16H26N4O4. The standard InChI is InChI=1S/C16H26N4O4/c1-23-10-9-20-12-13(11-18-20)19-16(22)17-8-4-7-15(21)24-14-5-2-3-6-14/h11-12,14H,2-10H2,1H3,(H2,17,19,22). The summed E-state index contributed by atoms with van der Waals surface area (Å²) in [6.07, 6.45) is 8.53. The number of hydrogen-bond acceptors (Lipinski definition) is 5. The predicted octanol–water partition coefficient (Wildman–Crippen LogP) is 1.92. The molecule has 0 atom stereocenters. The molecule has 24 heavy (non-hydrogen) atoms. The first-order valence-electron chi connectivity index (χ1n) is 8.43. The highest BCUT2D eigenvalue weighted by atomic mass is 16.5. The SMILES string of the molecule is COCCn1cc(NC(=O)NCCCC(=O)OC2CCCC2)cn1. The first-order valence-corrected chi connectivity index (χ1v) is 8.43. The third-order valence-corrected chi connectivity index (χ3v) is 3.86. The van der Waals surface area contributed by atoms with Crippen molar-refractivity contribution >= 4 is 17.7 Å². The highest BCUT2D eigenvalue weighted by molar-refractivity contribution is 5.88. The zero-order valence-electron chi connectivity index (χ0n) is 14.1. The second-order valence-electron chi connectivity index (χ2n) is 5.87. The maximum Gasteiger partial charge on any atom is 0.319 e. The minimum absolute atomic E-state index is 0.100. The summed E-state index contributed by atoms with van der Waals surface area (Å²) in [5, 5.41) is 9.52. The fourth-order valence-electron chi connectivity index (χ4n) is 2.60. The van der Waals surface area contributed by atoms with E-state index >= 15 is 0 Å². The van der Waals surface area contributed by atoms with E-state index < -0.39 is 0 Å². The van der Waals surface area contributed by atoms with E-state index in [1.165, 1.54) is 0 Å². The Morgan fingerprint density at radius 2 is 2.17 bits per heavy atom. The number of ether oxygens (including phenoxy) is 2. The molecule has 134 valence electrons. The van der Waals surface area contributed by atoms with Gasteiger partial charge in [-0.2, -0.15) is 5.10 Å². The second-order valence-corrected chi connectivity index (χ2v) is 5.87. The molecule has 2 rings (SSSR count). The fourth-order valence-corrected chi connectivity index (χ4v) is 2.60. The van der Waals surface area contributed by atoms with Crippen molar-refractivity contribution in [3.63, 3.8) is 0 Å². The van der Waals surface area contributed by atoms with Gasteiger partial charge >= 0.3 is 12.0 Å². The highest BCUT2D eigenvalue weighted by Gasteiger charge is 2.18. The minimum atomic E-state index is -0.314. The summed E-state index contributed by atoms with van der Waals surface area (Å²) in [5.41, 5.74) is 0.615. The van der Waals surface area contributed by atoms with Gasteiger partial charge in [-0.25, -0.2) is 4.79 Å². The van der Waals surface area contributed by atoms with E-state index in [9.17, 15) is 9.59 Å². The first-order chi connectivity index (χ1) is 11.7. The average Bonchev–Trinajstić information content (AvgIpc) is 3.21. The van der Waals surface area contributed by atoms with Gasteiger partial charge in [-0.15, -0.1) is 0 Å². The fraction of sp³-hybridized carbons (Fsp3) is 0.688. The Hall–Kier alpha value is -2.09. The van der Waals surface area contributed by atoms with Crippen LogP contribution in [0.2, 0.25) is 0 Å². The number of nitrogens with zero attached hydrogens (tertiary/aromatic N) is 2. The summed E-state index contributed by atoms with van der Waals surface area (Å²) in [6.45, 7) is 1.61. The van der Waals surface area contributed by atoms with Crippen LogP contribution >= 0.6 is 0 Å². The number of aromatic nitrogens is 2. The summed E-state index contributed by atoms with van der Waals surface area (Å²) in [7, 11) is 1.62. The number of carbonyl (C=O) groups excluding carboxylic acids is 2. The molecular weight excluding hydrogens is 312 g/mol. The van der Waals surface area contributed by atoms with Gasteiger partial charge in [0.25, 0.3) is 0 Å². The lowest BCUT2D eigenvalue weighted by Crippen LogP contribution is -2.29. The van der Waals surface area contributed by atoms with E-state index in [1.807, 2.05) is 0 Å². The van der Waals surface area contributed by atoms with Crippen LogP contribution in [0, 0.1) is 0 Å². The zero-order chi connectivity index (χ0) is 17.2. The number of esters is 1. The Morgan fingerprint density at radius 3 is 2.92 bits per heavy atom. The Morgan fingerprint density at radius 1 is 1.38 bits per heavy atom. The van der Waals surface area contributed by atoms with Gasteiger partial charge in [0.05, 0.1) is 25.0 Å². The molecule has 0 aliphatic heterocycles. The third kappa shape index (κ3) is 6.57. The maximum absolute atomic E-state index is 11.8. The Bertz CT molecular complexity index is 526. The molecule has 1 aromatic heterocycles. The van der Waals surface area contributed by atoms with Crippen LogP contribution in [0.3, 0.4) is 0 Å². The molecule has 1 aliphatic carbocycles. The predicted molar refractivity (Wildman–Crippen MR) is 88.7 cm³/mol. The van der Waals surface area contributed by atoms with Gasteiger partial charge in [-0.3, -0.25) is 9.48 Å². The van der Waals surface area contributed by atoms with Crippen LogP contribution in [0.4, 0.5) is 10.5 Å². The summed E-state index contributed by atoms with van der Waals surface area (Å²) in [6, 6.07) is -0.314. The van der Waals surface area contributed by atoms with E-state index in [-0.39, 0.29) is 18.1 Å². The van der Waals surface area contributed by atoms with Crippen molar-refractivity contribution in [2.45, 2.75) is 51.2 Å². The van der Waals surface area contributed by atoms with Crippen molar-refractivity contribution in [3.05, 3.63) is 12.4 Å². The molecule has 0 spiro atoms. The first kappa shape index (κ1) is 18.3. The molecule has 8 heteroatoms. The van der Waals surface area contributed by atoms with Crippen molar-refractivity contribution in [1.82, 2.24) is 15.1 Å². The van der Waals surface area contributed by atoms with Crippen LogP contribution in [0.15, 0.2) is 12.4 Å². The molecule has 0 bridgehead atoms. The van der Waals surface area contributed by atoms with E-state index in [0.717, 1.165) is 25.7 Å². The van der Waals surface area contributed by atoms with E-state index in [2.05, 4.69) is 15.7 Å². The van der Waals surface area contributed by atoms with Crippen molar-refractivity contribution in [2.75, 3.05) is 25.6 Å². The monoisotopic (exact) mass is 338 g/mol. The molecule has 0 saturated heterocycles. The van der Waals surface area contributed by atoms with E-state index in [1.54, 1.807) is 24.2 Å². The molecule has 2 N–H and O–H groups in total. The van der Waals surface area contributed by atoms with Gasteiger partial charge in [-0.1, -0.05) is 0 Å². The van der Waals surface area contributed by atoms with Crippen molar-refractivity contribution in [2.24, 2.45) is 0 Å². The molecule has 1 aliphatic rings.